The molecule has 2 rings (SSSR count). The van der Waals surface area contributed by atoms with Gasteiger partial charge in [-0.15, -0.1) is 0 Å². The maximum atomic E-state index is 11.9. The van der Waals surface area contributed by atoms with E-state index in [0.717, 1.165) is 0 Å². The largest absolute Gasteiger partial charge is 0.464 e. The number of benzene rings is 1. The first-order chi connectivity index (χ1) is 9.95. The molecule has 0 fully saturated rings. The van der Waals surface area contributed by atoms with E-state index in [1.54, 1.807) is 19.1 Å². The monoisotopic (exact) mass is 291 g/mol. The number of fused-ring (bicyclic) bond motifs is 1. The van der Waals surface area contributed by atoms with E-state index in [1.807, 2.05) is 6.92 Å². The molecule has 1 aromatic heterocycles. The third-order valence-electron chi connectivity index (χ3n) is 3.20. The number of carbonyl (C=O) groups excluding carboxylic acids is 2. The molecule has 112 valence electrons. The highest BCUT2D eigenvalue weighted by molar-refractivity contribution is 5.97. The van der Waals surface area contributed by atoms with Crippen molar-refractivity contribution in [2.75, 3.05) is 6.61 Å². The van der Waals surface area contributed by atoms with Crippen LogP contribution in [0.25, 0.3) is 11.1 Å². The molecule has 0 saturated carbocycles. The van der Waals surface area contributed by atoms with E-state index in [4.69, 9.17) is 9.15 Å². The number of ether oxygens (including phenoxy) is 1. The molecule has 6 nitrogen and oxygen atoms in total. The van der Waals surface area contributed by atoms with Gasteiger partial charge in [-0.3, -0.25) is 9.36 Å². The van der Waals surface area contributed by atoms with Crippen LogP contribution >= 0.6 is 0 Å². The Bertz CT molecular complexity index is 740. The lowest BCUT2D eigenvalue weighted by Gasteiger charge is -2.11. The topological polar surface area (TPSA) is 78.5 Å². The van der Waals surface area contributed by atoms with Gasteiger partial charge >= 0.3 is 11.7 Å². The highest BCUT2D eigenvalue weighted by Gasteiger charge is 2.22. The fourth-order valence-electron chi connectivity index (χ4n) is 2.05. The fraction of sp³-hybridized carbons (Fsp3) is 0.400. The van der Waals surface area contributed by atoms with E-state index in [9.17, 15) is 14.4 Å². The predicted octanol–water partition coefficient (Wildman–Crippen LogP) is 2.31. The minimum atomic E-state index is -0.784. The summed E-state index contributed by atoms with van der Waals surface area (Å²) in [4.78, 5) is 35.2. The van der Waals surface area contributed by atoms with Crippen molar-refractivity contribution in [2.24, 2.45) is 0 Å². The Morgan fingerprint density at radius 2 is 2.10 bits per heavy atom. The molecule has 0 radical (unpaired) electrons. The van der Waals surface area contributed by atoms with Crippen LogP contribution in [0, 0.1) is 0 Å². The summed E-state index contributed by atoms with van der Waals surface area (Å²) in [5, 5.41) is 0. The molecule has 1 aromatic carbocycles. The number of Topliss-reactive ketones (excluding diaryl/α,β-unsaturated/α-hetero) is 1. The Morgan fingerprint density at radius 3 is 2.71 bits per heavy atom. The number of rotatable bonds is 5. The van der Waals surface area contributed by atoms with Crippen LogP contribution in [-0.4, -0.2) is 22.9 Å². The number of carbonyl (C=O) groups is 2. The highest BCUT2D eigenvalue weighted by Crippen LogP contribution is 2.19. The van der Waals surface area contributed by atoms with Crippen molar-refractivity contribution < 1.29 is 18.7 Å². The van der Waals surface area contributed by atoms with Gasteiger partial charge in [0.1, 0.15) is 6.04 Å². The van der Waals surface area contributed by atoms with Gasteiger partial charge in [-0.2, -0.15) is 0 Å². The average Bonchev–Trinajstić information content (AvgIpc) is 2.78. The lowest BCUT2D eigenvalue weighted by molar-refractivity contribution is -0.147. The summed E-state index contributed by atoms with van der Waals surface area (Å²) in [5.41, 5.74) is 1.19. The predicted molar refractivity (Wildman–Crippen MR) is 76.4 cm³/mol. The second-order valence-corrected chi connectivity index (χ2v) is 4.82. The highest BCUT2D eigenvalue weighted by atomic mass is 16.5. The van der Waals surface area contributed by atoms with E-state index >= 15 is 0 Å². The Kier molecular flexibility index (Phi) is 4.26. The summed E-state index contributed by atoms with van der Waals surface area (Å²) < 4.78 is 11.4. The minimum Gasteiger partial charge on any atom is -0.464 e. The number of aromatic nitrogens is 1. The fourth-order valence-corrected chi connectivity index (χ4v) is 2.05. The second-order valence-electron chi connectivity index (χ2n) is 4.82. The lowest BCUT2D eigenvalue weighted by atomic mass is 10.1. The van der Waals surface area contributed by atoms with Crippen LogP contribution in [0.2, 0.25) is 0 Å². The Hall–Kier alpha value is -2.37. The Balaban J connectivity index is 2.44. The van der Waals surface area contributed by atoms with Gasteiger partial charge in [-0.05, 0) is 38.5 Å². The van der Waals surface area contributed by atoms with Crippen molar-refractivity contribution in [3.8, 4) is 0 Å². The summed E-state index contributed by atoms with van der Waals surface area (Å²) in [6.45, 7) is 5.21. The van der Waals surface area contributed by atoms with Gasteiger partial charge in [0.25, 0.3) is 0 Å². The van der Waals surface area contributed by atoms with Crippen molar-refractivity contribution in [3.05, 3.63) is 34.3 Å². The summed E-state index contributed by atoms with van der Waals surface area (Å²) in [7, 11) is 0. The molecule has 1 atom stereocenters. The van der Waals surface area contributed by atoms with Gasteiger partial charge in [0, 0.05) is 5.56 Å². The molecule has 0 aliphatic heterocycles. The van der Waals surface area contributed by atoms with Crippen LogP contribution < -0.4 is 5.76 Å². The first kappa shape index (κ1) is 15.0. The van der Waals surface area contributed by atoms with E-state index in [2.05, 4.69) is 0 Å². The van der Waals surface area contributed by atoms with E-state index in [-0.39, 0.29) is 11.4 Å². The zero-order valence-electron chi connectivity index (χ0n) is 12.2. The van der Waals surface area contributed by atoms with Gasteiger partial charge in [0.15, 0.2) is 11.4 Å². The molecule has 0 bridgehead atoms. The van der Waals surface area contributed by atoms with Gasteiger partial charge in [-0.1, -0.05) is 6.92 Å². The van der Waals surface area contributed by atoms with Crippen LogP contribution in [0.1, 0.15) is 43.6 Å². The molecule has 0 spiro atoms. The molecule has 1 unspecified atom stereocenters. The summed E-state index contributed by atoms with van der Waals surface area (Å²) in [6, 6.07) is 3.91. The normalized spacial score (nSPS) is 12.3. The number of ketones is 1. The molecule has 0 saturated heterocycles. The zero-order chi connectivity index (χ0) is 15.6. The van der Waals surface area contributed by atoms with Crippen molar-refractivity contribution in [1.29, 1.82) is 0 Å². The van der Waals surface area contributed by atoms with Crippen LogP contribution in [0.3, 0.4) is 0 Å². The third kappa shape index (κ3) is 2.89. The molecule has 6 heteroatoms. The van der Waals surface area contributed by atoms with Gasteiger partial charge < -0.3 is 9.15 Å². The van der Waals surface area contributed by atoms with Crippen molar-refractivity contribution in [1.82, 2.24) is 4.57 Å². The summed E-state index contributed by atoms with van der Waals surface area (Å²) in [5.74, 6) is -1.26. The number of hydrogen-bond donors (Lipinski definition) is 0. The maximum Gasteiger partial charge on any atom is 0.420 e. The number of nitrogens with zero attached hydrogens (tertiary/aromatic N) is 1. The van der Waals surface area contributed by atoms with Crippen LogP contribution in [0.15, 0.2) is 27.4 Å². The molecular formula is C15H17NO5. The van der Waals surface area contributed by atoms with E-state index in [1.165, 1.54) is 17.6 Å². The quantitative estimate of drug-likeness (QED) is 0.624. The maximum absolute atomic E-state index is 11.9. The van der Waals surface area contributed by atoms with Crippen molar-refractivity contribution in [2.45, 2.75) is 33.2 Å². The molecule has 1 heterocycles. The third-order valence-corrected chi connectivity index (χ3v) is 3.20. The van der Waals surface area contributed by atoms with Gasteiger partial charge in [0.05, 0.1) is 12.1 Å². The van der Waals surface area contributed by atoms with Gasteiger partial charge in [-0.25, -0.2) is 9.59 Å². The lowest BCUT2D eigenvalue weighted by Crippen LogP contribution is -2.26. The van der Waals surface area contributed by atoms with Gasteiger partial charge in [0.2, 0.25) is 0 Å². The van der Waals surface area contributed by atoms with Crippen molar-refractivity contribution >= 4 is 22.9 Å². The molecule has 0 aliphatic rings. The van der Waals surface area contributed by atoms with Crippen molar-refractivity contribution in [3.63, 3.8) is 0 Å². The standard InChI is InChI=1S/C15H17NO5/c1-4-7-20-14(18)9(2)16-12-6-5-11(10(3)17)8-13(12)21-15(16)19/h5-6,8-9H,4,7H2,1-3H3. The smallest absolute Gasteiger partial charge is 0.420 e. The number of hydrogen-bond acceptors (Lipinski definition) is 5. The first-order valence-electron chi connectivity index (χ1n) is 6.78. The first-order valence-corrected chi connectivity index (χ1v) is 6.78. The minimum absolute atomic E-state index is 0.122. The molecule has 0 amide bonds. The van der Waals surface area contributed by atoms with E-state index in [0.29, 0.717) is 24.1 Å². The molecule has 0 N–H and O–H groups in total. The number of esters is 1. The molecular weight excluding hydrogens is 274 g/mol. The Morgan fingerprint density at radius 1 is 1.38 bits per heavy atom. The second kappa shape index (κ2) is 5.95. The van der Waals surface area contributed by atoms with Crippen LogP contribution in [-0.2, 0) is 9.53 Å². The molecule has 2 aromatic rings. The van der Waals surface area contributed by atoms with Crippen LogP contribution in [0.5, 0.6) is 0 Å². The summed E-state index contributed by atoms with van der Waals surface area (Å²) >= 11 is 0. The van der Waals surface area contributed by atoms with E-state index < -0.39 is 17.8 Å². The summed E-state index contributed by atoms with van der Waals surface area (Å²) in [6.07, 6.45) is 0.710. The SMILES string of the molecule is CCCOC(=O)C(C)n1c(=O)oc2cc(C(C)=O)ccc21. The van der Waals surface area contributed by atoms with Crippen LogP contribution in [0.4, 0.5) is 0 Å². The average molecular weight is 291 g/mol. The Labute approximate surface area is 121 Å². The molecule has 0 aliphatic carbocycles. The molecule has 21 heavy (non-hydrogen) atoms. The zero-order valence-corrected chi connectivity index (χ0v) is 12.2. The number of oxazole rings is 1.